The molecule has 0 aromatic heterocycles. The van der Waals surface area contributed by atoms with E-state index in [0.717, 1.165) is 47.9 Å². The normalized spacial score (nSPS) is 14.4. The minimum Gasteiger partial charge on any atom is -0.352 e. The molecule has 7 nitrogen and oxygen atoms in total. The van der Waals surface area contributed by atoms with Gasteiger partial charge in [0.05, 0.1) is 10.6 Å². The summed E-state index contributed by atoms with van der Waals surface area (Å²) >= 11 is 0. The van der Waals surface area contributed by atoms with Gasteiger partial charge in [-0.3, -0.25) is 13.9 Å². The first-order valence-electron chi connectivity index (χ1n) is 14.4. The van der Waals surface area contributed by atoms with E-state index in [0.29, 0.717) is 12.1 Å². The number of amides is 2. The highest BCUT2D eigenvalue weighted by Gasteiger charge is 2.34. The lowest BCUT2D eigenvalue weighted by Gasteiger charge is -2.34. The molecule has 2 amide bonds. The monoisotopic (exact) mass is 575 g/mol. The molecule has 41 heavy (non-hydrogen) atoms. The topological polar surface area (TPSA) is 86.8 Å². The third kappa shape index (κ3) is 7.55. The van der Waals surface area contributed by atoms with E-state index in [1.54, 1.807) is 35.2 Å². The molecule has 1 atom stereocenters. The van der Waals surface area contributed by atoms with Gasteiger partial charge < -0.3 is 10.2 Å². The zero-order valence-corrected chi connectivity index (χ0v) is 25.3. The molecular formula is C33H41N3O4S. The van der Waals surface area contributed by atoms with Crippen LogP contribution in [0.1, 0.15) is 61.3 Å². The third-order valence-corrected chi connectivity index (χ3v) is 9.42. The summed E-state index contributed by atoms with van der Waals surface area (Å²) in [5.41, 5.74) is 4.12. The van der Waals surface area contributed by atoms with Crippen molar-refractivity contribution in [2.45, 2.75) is 83.3 Å². The van der Waals surface area contributed by atoms with Gasteiger partial charge in [-0.2, -0.15) is 0 Å². The number of hydrogen-bond acceptors (Lipinski definition) is 4. The highest BCUT2D eigenvalue weighted by atomic mass is 32.2. The number of nitrogens with one attached hydrogen (secondary N) is 1. The molecule has 0 bridgehead atoms. The highest BCUT2D eigenvalue weighted by Crippen LogP contribution is 2.27. The fourth-order valence-corrected chi connectivity index (χ4v) is 7.06. The molecule has 0 heterocycles. The summed E-state index contributed by atoms with van der Waals surface area (Å²) in [6.07, 6.45) is 4.44. The Morgan fingerprint density at radius 2 is 1.54 bits per heavy atom. The van der Waals surface area contributed by atoms with Crippen molar-refractivity contribution < 1.29 is 18.0 Å². The number of sulfonamides is 1. The van der Waals surface area contributed by atoms with E-state index in [4.69, 9.17) is 0 Å². The van der Waals surface area contributed by atoms with E-state index >= 15 is 0 Å². The molecule has 0 radical (unpaired) electrons. The average molecular weight is 576 g/mol. The van der Waals surface area contributed by atoms with E-state index in [2.05, 4.69) is 5.32 Å². The van der Waals surface area contributed by atoms with Gasteiger partial charge in [-0.1, -0.05) is 73.9 Å². The van der Waals surface area contributed by atoms with Crippen LogP contribution in [-0.4, -0.2) is 43.8 Å². The Morgan fingerprint density at radius 3 is 2.15 bits per heavy atom. The van der Waals surface area contributed by atoms with Crippen molar-refractivity contribution in [1.82, 2.24) is 10.2 Å². The summed E-state index contributed by atoms with van der Waals surface area (Å²) in [5, 5.41) is 3.15. The zero-order valence-electron chi connectivity index (χ0n) is 24.5. The minimum atomic E-state index is -4.08. The zero-order chi connectivity index (χ0) is 29.6. The van der Waals surface area contributed by atoms with Crippen molar-refractivity contribution in [1.29, 1.82) is 0 Å². The van der Waals surface area contributed by atoms with E-state index in [1.165, 1.54) is 16.4 Å². The molecule has 1 aliphatic rings. The van der Waals surface area contributed by atoms with Gasteiger partial charge in [-0.15, -0.1) is 0 Å². The number of carbonyl (C=O) groups excluding carboxylic acids is 2. The van der Waals surface area contributed by atoms with E-state index in [9.17, 15) is 18.0 Å². The first kappa shape index (κ1) is 30.3. The van der Waals surface area contributed by atoms with Crippen molar-refractivity contribution in [2.24, 2.45) is 0 Å². The largest absolute Gasteiger partial charge is 0.352 e. The van der Waals surface area contributed by atoms with Crippen LogP contribution in [0, 0.1) is 20.8 Å². The van der Waals surface area contributed by atoms with E-state index in [1.807, 2.05) is 58.0 Å². The number of benzene rings is 3. The Hall–Kier alpha value is -3.65. The number of aryl methyl sites for hydroxylation is 3. The lowest BCUT2D eigenvalue weighted by molar-refractivity contribution is -0.140. The smallest absolute Gasteiger partial charge is 0.264 e. The molecule has 4 rings (SSSR count). The van der Waals surface area contributed by atoms with Crippen LogP contribution in [0.15, 0.2) is 77.7 Å². The molecule has 1 saturated carbocycles. The van der Waals surface area contributed by atoms with Gasteiger partial charge in [0.25, 0.3) is 10.0 Å². The van der Waals surface area contributed by atoms with Crippen molar-refractivity contribution in [3.63, 3.8) is 0 Å². The lowest BCUT2D eigenvalue weighted by atomic mass is 10.1. The Balaban J connectivity index is 1.73. The van der Waals surface area contributed by atoms with Crippen molar-refractivity contribution in [2.75, 3.05) is 10.8 Å². The van der Waals surface area contributed by atoms with E-state index in [-0.39, 0.29) is 23.4 Å². The first-order valence-corrected chi connectivity index (χ1v) is 15.8. The van der Waals surface area contributed by atoms with Gasteiger partial charge in [0.1, 0.15) is 12.6 Å². The molecule has 1 fully saturated rings. The fourth-order valence-electron chi connectivity index (χ4n) is 5.64. The van der Waals surface area contributed by atoms with Crippen LogP contribution in [0.5, 0.6) is 0 Å². The molecule has 0 saturated heterocycles. The van der Waals surface area contributed by atoms with Crippen LogP contribution in [0.4, 0.5) is 5.69 Å². The number of nitrogens with zero attached hydrogens (tertiary/aromatic N) is 2. The lowest BCUT2D eigenvalue weighted by Crippen LogP contribution is -2.53. The Labute approximate surface area is 244 Å². The van der Waals surface area contributed by atoms with Crippen LogP contribution in [0.2, 0.25) is 0 Å². The van der Waals surface area contributed by atoms with Crippen molar-refractivity contribution in [3.8, 4) is 0 Å². The molecule has 218 valence electrons. The molecule has 3 aromatic carbocycles. The Kier molecular flexibility index (Phi) is 9.86. The first-order chi connectivity index (χ1) is 19.6. The maximum absolute atomic E-state index is 14.2. The number of hydrogen-bond donors (Lipinski definition) is 1. The van der Waals surface area contributed by atoms with Crippen molar-refractivity contribution in [3.05, 3.63) is 95.1 Å². The number of rotatable bonds is 11. The number of anilines is 1. The van der Waals surface area contributed by atoms with Gasteiger partial charge in [0, 0.05) is 12.6 Å². The van der Waals surface area contributed by atoms with Gasteiger partial charge in [0.2, 0.25) is 11.8 Å². The summed E-state index contributed by atoms with van der Waals surface area (Å²) in [5.74, 6) is -0.622. The summed E-state index contributed by atoms with van der Waals surface area (Å²) in [6, 6.07) is 20.9. The molecule has 3 aromatic rings. The molecular weight excluding hydrogens is 534 g/mol. The fraction of sp³-hybridized carbons (Fsp3) is 0.394. The maximum Gasteiger partial charge on any atom is 0.264 e. The van der Waals surface area contributed by atoms with Crippen LogP contribution in [0.3, 0.4) is 0 Å². The van der Waals surface area contributed by atoms with Crippen LogP contribution < -0.4 is 9.62 Å². The van der Waals surface area contributed by atoms with E-state index < -0.39 is 28.5 Å². The van der Waals surface area contributed by atoms with Crippen LogP contribution >= 0.6 is 0 Å². The predicted molar refractivity (Wildman–Crippen MR) is 163 cm³/mol. The second-order valence-electron chi connectivity index (χ2n) is 11.1. The molecule has 0 spiro atoms. The predicted octanol–water partition coefficient (Wildman–Crippen LogP) is 5.67. The molecule has 0 aliphatic heterocycles. The quantitative estimate of drug-likeness (QED) is 0.319. The van der Waals surface area contributed by atoms with Gasteiger partial charge in [0.15, 0.2) is 0 Å². The average Bonchev–Trinajstić information content (AvgIpc) is 3.44. The standard InChI is InChI=1S/C33H41N3O4S/c1-5-31(33(38)34-28-14-9-10-15-28)35(22-27-13-11-12-24(2)19-27)32(37)23-36(29-20-25(3)18-26(4)21-29)41(39,40)30-16-7-6-8-17-30/h6-8,11-13,16-21,28,31H,5,9-10,14-15,22-23H2,1-4H3,(H,34,38)/t31-/m0/s1. The van der Waals surface area contributed by atoms with Crippen molar-refractivity contribution >= 4 is 27.5 Å². The number of carbonyl (C=O) groups is 2. The second-order valence-corrected chi connectivity index (χ2v) is 13.0. The van der Waals surface area contributed by atoms with Crippen LogP contribution in [-0.2, 0) is 26.2 Å². The maximum atomic E-state index is 14.2. The van der Waals surface area contributed by atoms with Crippen LogP contribution in [0.25, 0.3) is 0 Å². The molecule has 1 aliphatic carbocycles. The van der Waals surface area contributed by atoms with Gasteiger partial charge in [-0.25, -0.2) is 8.42 Å². The SMILES string of the molecule is CC[C@@H](C(=O)NC1CCCC1)N(Cc1cccc(C)c1)C(=O)CN(c1cc(C)cc(C)c1)S(=O)(=O)c1ccccc1. The summed E-state index contributed by atoms with van der Waals surface area (Å²) < 4.78 is 29.2. The Morgan fingerprint density at radius 1 is 0.878 bits per heavy atom. The summed E-state index contributed by atoms with van der Waals surface area (Å²) in [6.45, 7) is 7.43. The Bertz CT molecular complexity index is 1450. The van der Waals surface area contributed by atoms with Gasteiger partial charge >= 0.3 is 0 Å². The third-order valence-electron chi connectivity index (χ3n) is 7.63. The molecule has 0 unspecified atom stereocenters. The highest BCUT2D eigenvalue weighted by molar-refractivity contribution is 7.92. The molecule has 1 N–H and O–H groups in total. The molecule has 8 heteroatoms. The second kappa shape index (κ2) is 13.3. The summed E-state index contributed by atoms with van der Waals surface area (Å²) in [4.78, 5) is 29.5. The van der Waals surface area contributed by atoms with Gasteiger partial charge in [-0.05, 0) is 81.0 Å². The summed E-state index contributed by atoms with van der Waals surface area (Å²) in [7, 11) is -4.08. The minimum absolute atomic E-state index is 0.100.